The van der Waals surface area contributed by atoms with Crippen LogP contribution < -0.4 is 0 Å². The number of rotatable bonds is 5. The van der Waals surface area contributed by atoms with Crippen molar-refractivity contribution in [1.29, 1.82) is 0 Å². The molecule has 2 bridgehead atoms. The second kappa shape index (κ2) is 6.95. The van der Waals surface area contributed by atoms with E-state index in [0.717, 1.165) is 0 Å². The topological polar surface area (TPSA) is 74.7 Å². The molecule has 1 aromatic carbocycles. The van der Waals surface area contributed by atoms with Crippen molar-refractivity contribution in [2.24, 2.45) is 5.92 Å². The Morgan fingerprint density at radius 3 is 2.37 bits per heavy atom. The van der Waals surface area contributed by atoms with Crippen molar-refractivity contribution in [2.75, 3.05) is 0 Å². The molecule has 3 atom stereocenters. The summed E-state index contributed by atoms with van der Waals surface area (Å²) in [5.74, 6) is -0.226. The van der Waals surface area contributed by atoms with Gasteiger partial charge in [0.15, 0.2) is 8.32 Å². The number of carbonyl (C=O) groups is 1. The van der Waals surface area contributed by atoms with Crippen LogP contribution in [0.2, 0.25) is 23.2 Å². The molecule has 0 radical (unpaired) electrons. The summed E-state index contributed by atoms with van der Waals surface area (Å²) in [4.78, 5) is 23.7. The van der Waals surface area contributed by atoms with Crippen molar-refractivity contribution in [3.63, 3.8) is 0 Å². The highest BCUT2D eigenvalue weighted by atomic mass is 35.5. The van der Waals surface area contributed by atoms with Crippen LogP contribution in [0.3, 0.4) is 0 Å². The maximum atomic E-state index is 13.3. The molecule has 1 aromatic rings. The monoisotopic (exact) mass is 429 g/mol. The summed E-state index contributed by atoms with van der Waals surface area (Å²) in [5, 5.41) is 0.110. The van der Waals surface area contributed by atoms with Gasteiger partial charge in [0.05, 0.1) is 4.90 Å². The first-order valence-electron chi connectivity index (χ1n) is 9.39. The molecular weight excluding hydrogens is 402 g/mol. The largest absolute Gasteiger partial charge is 0.432 e. The fourth-order valence-electron chi connectivity index (χ4n) is 4.21. The quantitative estimate of drug-likeness (QED) is 0.722. The Morgan fingerprint density at radius 2 is 1.81 bits per heavy atom. The fraction of sp³-hybridized carbons (Fsp3) is 0.632. The van der Waals surface area contributed by atoms with Crippen molar-refractivity contribution >= 4 is 35.7 Å². The molecule has 150 valence electrons. The minimum atomic E-state index is -3.69. The highest BCUT2D eigenvalue weighted by molar-refractivity contribution is 7.89. The molecule has 3 rings (SSSR count). The lowest BCUT2D eigenvalue weighted by Gasteiger charge is -2.43. The lowest BCUT2D eigenvalue weighted by atomic mass is 9.83. The normalized spacial score (nSPS) is 27.2. The number of benzene rings is 1. The molecule has 0 aromatic heterocycles. The van der Waals surface area contributed by atoms with E-state index in [2.05, 4.69) is 0 Å². The molecule has 27 heavy (non-hydrogen) atoms. The standard InChI is InChI=1S/C19H28ClNO4SSi/c1-19(2,27(3,4)25)12-16-17-10-7-14(11-18(16)22)21(17)26(23,24)15-8-5-13(20)6-9-15/h5-6,8-9,14,16-17,25H,7,10-12H2,1-4H3/t14?,16-,17?/m1/s1. The van der Waals surface area contributed by atoms with Crippen molar-refractivity contribution in [2.45, 2.75) is 74.6 Å². The van der Waals surface area contributed by atoms with E-state index >= 15 is 0 Å². The third-order valence-corrected chi connectivity index (χ3v) is 12.3. The second-order valence-electron chi connectivity index (χ2n) is 9.01. The van der Waals surface area contributed by atoms with Crippen molar-refractivity contribution in [1.82, 2.24) is 4.31 Å². The number of fused-ring (bicyclic) bond motifs is 2. The van der Waals surface area contributed by atoms with Gasteiger partial charge in [-0.2, -0.15) is 4.31 Å². The smallest absolute Gasteiger partial charge is 0.243 e. The zero-order valence-electron chi connectivity index (χ0n) is 16.3. The van der Waals surface area contributed by atoms with E-state index in [1.54, 1.807) is 16.4 Å². The van der Waals surface area contributed by atoms with E-state index in [0.29, 0.717) is 24.3 Å². The summed E-state index contributed by atoms with van der Waals surface area (Å²) in [6.45, 7) is 7.73. The van der Waals surface area contributed by atoms with E-state index < -0.39 is 18.3 Å². The number of carbonyl (C=O) groups excluding carboxylic acids is 1. The highest BCUT2D eigenvalue weighted by Gasteiger charge is 2.54. The summed E-state index contributed by atoms with van der Waals surface area (Å²) >= 11 is 5.90. The Kier molecular flexibility index (Phi) is 5.40. The van der Waals surface area contributed by atoms with E-state index in [1.165, 1.54) is 12.1 Å². The Balaban J connectivity index is 1.94. The maximum absolute atomic E-state index is 13.3. The number of hydrogen-bond acceptors (Lipinski definition) is 4. The van der Waals surface area contributed by atoms with E-state index in [9.17, 15) is 18.0 Å². The summed E-state index contributed by atoms with van der Waals surface area (Å²) in [7, 11) is -6.19. The summed E-state index contributed by atoms with van der Waals surface area (Å²) < 4.78 is 28.2. The first-order valence-corrected chi connectivity index (χ1v) is 14.2. The van der Waals surface area contributed by atoms with Crippen molar-refractivity contribution < 1.29 is 18.0 Å². The van der Waals surface area contributed by atoms with E-state index in [1.807, 2.05) is 26.9 Å². The van der Waals surface area contributed by atoms with Gasteiger partial charge in [-0.15, -0.1) is 0 Å². The molecule has 2 aliphatic heterocycles. The van der Waals surface area contributed by atoms with Crippen LogP contribution in [0.1, 0.15) is 39.5 Å². The number of nitrogens with zero attached hydrogens (tertiary/aromatic N) is 1. The molecule has 0 spiro atoms. The van der Waals surface area contributed by atoms with Crippen molar-refractivity contribution in [3.05, 3.63) is 29.3 Å². The van der Waals surface area contributed by atoms with Crippen LogP contribution in [0.4, 0.5) is 0 Å². The Hall–Kier alpha value is -0.733. The third-order valence-electron chi connectivity index (χ3n) is 6.57. The molecule has 8 heteroatoms. The van der Waals surface area contributed by atoms with Gasteiger partial charge >= 0.3 is 0 Å². The first kappa shape index (κ1) is 21.0. The lowest BCUT2D eigenvalue weighted by Crippen LogP contribution is -2.53. The van der Waals surface area contributed by atoms with Gasteiger partial charge in [-0.25, -0.2) is 8.42 Å². The molecule has 0 amide bonds. The van der Waals surface area contributed by atoms with Gasteiger partial charge in [0.2, 0.25) is 10.0 Å². The molecule has 0 saturated carbocycles. The summed E-state index contributed by atoms with van der Waals surface area (Å²) in [6.07, 6.45) is 2.18. The third kappa shape index (κ3) is 3.77. The van der Waals surface area contributed by atoms with Crippen LogP contribution >= 0.6 is 11.6 Å². The average molecular weight is 430 g/mol. The van der Waals surface area contributed by atoms with Crippen LogP contribution in [-0.4, -0.2) is 43.7 Å². The van der Waals surface area contributed by atoms with Crippen LogP contribution in [0.15, 0.2) is 29.2 Å². The predicted molar refractivity (Wildman–Crippen MR) is 109 cm³/mol. The Bertz CT molecular complexity index is 832. The summed E-state index contributed by atoms with van der Waals surface area (Å²) in [5.41, 5.74) is 0. The summed E-state index contributed by atoms with van der Waals surface area (Å²) in [6, 6.07) is 5.61. The average Bonchev–Trinajstić information content (AvgIpc) is 2.89. The molecule has 2 aliphatic rings. The molecular formula is C19H28ClNO4SSi. The highest BCUT2D eigenvalue weighted by Crippen LogP contribution is 2.49. The van der Waals surface area contributed by atoms with Gasteiger partial charge < -0.3 is 4.80 Å². The molecule has 2 heterocycles. The zero-order chi connectivity index (χ0) is 20.2. The van der Waals surface area contributed by atoms with Gasteiger partial charge in [-0.05, 0) is 61.7 Å². The number of hydrogen-bond donors (Lipinski definition) is 1. The minimum Gasteiger partial charge on any atom is -0.432 e. The van der Waals surface area contributed by atoms with E-state index in [4.69, 9.17) is 11.6 Å². The number of ketones is 1. The van der Waals surface area contributed by atoms with Crippen LogP contribution in [0.5, 0.6) is 0 Å². The Morgan fingerprint density at radius 1 is 1.22 bits per heavy atom. The maximum Gasteiger partial charge on any atom is 0.243 e. The predicted octanol–water partition coefficient (Wildman–Crippen LogP) is 3.82. The molecule has 2 saturated heterocycles. The molecule has 1 N–H and O–H groups in total. The van der Waals surface area contributed by atoms with E-state index in [-0.39, 0.29) is 40.1 Å². The fourth-order valence-corrected chi connectivity index (χ4v) is 6.96. The van der Waals surface area contributed by atoms with Crippen LogP contribution in [0, 0.1) is 5.92 Å². The van der Waals surface area contributed by atoms with Crippen LogP contribution in [-0.2, 0) is 14.8 Å². The number of halogens is 1. The molecule has 2 fully saturated rings. The number of piperidine rings is 1. The second-order valence-corrected chi connectivity index (χ2v) is 15.8. The van der Waals surface area contributed by atoms with Crippen LogP contribution in [0.25, 0.3) is 0 Å². The zero-order valence-corrected chi connectivity index (χ0v) is 18.8. The van der Waals surface area contributed by atoms with Gasteiger partial charge in [-0.1, -0.05) is 25.4 Å². The van der Waals surface area contributed by atoms with Gasteiger partial charge in [-0.3, -0.25) is 4.79 Å². The molecule has 5 nitrogen and oxygen atoms in total. The van der Waals surface area contributed by atoms with Gasteiger partial charge in [0.1, 0.15) is 5.78 Å². The number of sulfonamides is 1. The van der Waals surface area contributed by atoms with Gasteiger partial charge in [0, 0.05) is 29.4 Å². The first-order chi connectivity index (χ1) is 12.3. The minimum absolute atomic E-state index is 0.136. The van der Waals surface area contributed by atoms with Gasteiger partial charge in [0.25, 0.3) is 0 Å². The molecule has 0 aliphatic carbocycles. The SMILES string of the molecule is CC(C)(C[C@H]1C(=O)CC2CCC1N2S(=O)(=O)c1ccc(Cl)cc1)[Si](C)(C)O. The number of Topliss-reactive ketones (excluding diaryl/α,β-unsaturated/α-hetero) is 1. The lowest BCUT2D eigenvalue weighted by molar-refractivity contribution is -0.127. The molecule has 2 unspecified atom stereocenters. The van der Waals surface area contributed by atoms with Crippen molar-refractivity contribution in [3.8, 4) is 0 Å². The Labute approximate surface area is 167 Å².